The van der Waals surface area contributed by atoms with Crippen LogP contribution in [0.5, 0.6) is 0 Å². The van der Waals surface area contributed by atoms with Gasteiger partial charge in [0.25, 0.3) is 0 Å². The molecule has 696 valence electrons. The molecule has 0 spiro atoms. The second kappa shape index (κ2) is 34.9. The Hall–Kier alpha value is -16.3. The predicted octanol–water partition coefficient (Wildman–Crippen LogP) is 36.4. The Bertz CT molecular complexity index is 8880. The Kier molecular flexibility index (Phi) is 22.7. The van der Waals surface area contributed by atoms with Gasteiger partial charge in [0.05, 0.1) is 101 Å². The van der Waals surface area contributed by atoms with Crippen LogP contribution >= 0.6 is 0 Å². The van der Waals surface area contributed by atoms with Crippen molar-refractivity contribution in [3.05, 3.63) is 426 Å². The molecular formula is C130H104F6N6. The molecule has 4 aromatic heterocycles. The summed E-state index contributed by atoms with van der Waals surface area (Å²) in [6, 6.07) is 104. The Labute approximate surface area is 823 Å². The molecule has 0 fully saturated rings. The number of benzene rings is 18. The van der Waals surface area contributed by atoms with Crippen molar-refractivity contribution in [1.29, 1.82) is 10.5 Å². The van der Waals surface area contributed by atoms with Gasteiger partial charge >= 0.3 is 12.4 Å². The van der Waals surface area contributed by atoms with Crippen LogP contribution in [-0.2, 0) is 12.4 Å². The van der Waals surface area contributed by atoms with Crippen LogP contribution in [0.25, 0.3) is 199 Å². The highest BCUT2D eigenvalue weighted by Gasteiger charge is 2.40. The van der Waals surface area contributed by atoms with Gasteiger partial charge in [-0.15, -0.1) is 0 Å². The number of para-hydroxylation sites is 2. The molecule has 0 saturated heterocycles. The van der Waals surface area contributed by atoms with Crippen LogP contribution < -0.4 is 0 Å². The minimum Gasteiger partial charge on any atom is -0.309 e. The summed E-state index contributed by atoms with van der Waals surface area (Å²) in [5, 5.41) is 28.6. The highest BCUT2D eigenvalue weighted by molar-refractivity contribution is 6.17. The molecule has 0 radical (unpaired) electrons. The Morgan fingerprint density at radius 2 is 0.394 bits per heavy atom. The summed E-state index contributed by atoms with van der Waals surface area (Å²) in [6.45, 7) is 38.3. The van der Waals surface area contributed by atoms with E-state index >= 15 is 26.3 Å². The number of aromatic nitrogens is 4. The molecule has 0 N–H and O–H groups in total. The van der Waals surface area contributed by atoms with E-state index in [1.54, 1.807) is 42.5 Å². The number of nitrogens with zero attached hydrogens (tertiary/aromatic N) is 6. The zero-order valence-corrected chi connectivity index (χ0v) is 82.8. The third kappa shape index (κ3) is 15.6. The lowest BCUT2D eigenvalue weighted by molar-refractivity contribution is -0.137. The van der Waals surface area contributed by atoms with Crippen LogP contribution in [0.4, 0.5) is 26.3 Å². The smallest absolute Gasteiger partial charge is 0.309 e. The van der Waals surface area contributed by atoms with Gasteiger partial charge in [-0.3, -0.25) is 0 Å². The standard InChI is InChI=1S/C74H62F3N3.C56H42F3N3/c1-40-26-44(5)69(45(6)27-40)53-17-22-63-57(35-53)58-36-54(70-46(7)28-41(2)29-47(70)8)18-23-64(58)79(63)67-21-16-52(39-78)34-61(67)73-62(74(75,76)77)14-13-15-68(73)80-65-24-19-55(71-48(9)30-42(3)31-49(71)10)37-59(65)60-38-56(20-25-66(60)80)72-50(11)32-43(4)33-51(72)12;1-32-24-34(3)53(35(4)25-32)39-19-22-49-43(29-39)41-12-7-9-15-47(41)61(49)51-21-18-38(31-60)28-45(51)55-46(56(57,58)59)14-11-17-52(55)62-48-16-10-8-13-42(48)44-30-40(20-23-50(44)62)54-36(5)26-33(2)27-37(54)6/h13-38H,1-12H3;7-30H,1-6H3. The van der Waals surface area contributed by atoms with Crippen molar-refractivity contribution in [3.63, 3.8) is 0 Å². The van der Waals surface area contributed by atoms with Gasteiger partial charge in [-0.05, 0) is 404 Å². The zero-order valence-electron chi connectivity index (χ0n) is 82.8. The molecule has 0 aliphatic heterocycles. The van der Waals surface area contributed by atoms with Crippen LogP contribution in [0.15, 0.2) is 303 Å². The fourth-order valence-electron chi connectivity index (χ4n) is 24.3. The molecule has 0 unspecified atom stereocenters. The maximum absolute atomic E-state index is 16.3. The lowest BCUT2D eigenvalue weighted by atomic mass is 9.91. The fourth-order valence-corrected chi connectivity index (χ4v) is 24.3. The van der Waals surface area contributed by atoms with Gasteiger partial charge in [0.2, 0.25) is 0 Å². The minimum absolute atomic E-state index is 0.00231. The SMILES string of the molecule is Cc1cc(C)c(-c2ccc3c(c2)c2cc(-c4c(C)cc(C)cc4C)ccc2n3-c2ccc(C#N)cc2-c2c(-n3c4ccc(-c5c(C)cc(C)cc5C)cc4c4cc(-c5c(C)cc(C)cc5C)ccc43)cccc2C(F)(F)F)c(C)c1.Cc1cc(C)c(-c2ccc3c(c2)c2ccccc2n3-c2ccc(C#N)cc2-c2c(-n3c4ccccc4c4cc(-c5c(C)cc(C)cc5C)ccc43)cccc2C(F)(F)F)c(C)c1. The van der Waals surface area contributed by atoms with Gasteiger partial charge in [0, 0.05) is 65.3 Å². The van der Waals surface area contributed by atoms with Crippen molar-refractivity contribution >= 4 is 87.2 Å². The molecule has 22 aromatic rings. The second-order valence-electron chi connectivity index (χ2n) is 39.5. The number of fused-ring (bicyclic) bond motifs is 12. The quantitative estimate of drug-likeness (QED) is 0.114. The van der Waals surface area contributed by atoms with E-state index in [1.165, 1.54) is 90.5 Å². The molecule has 0 aliphatic rings. The molecular weight excluding hydrogens is 1760 g/mol. The third-order valence-electron chi connectivity index (χ3n) is 29.1. The number of halogens is 6. The van der Waals surface area contributed by atoms with Crippen molar-refractivity contribution < 1.29 is 26.3 Å². The number of alkyl halides is 6. The highest BCUT2D eigenvalue weighted by Crippen LogP contribution is 2.53. The maximum atomic E-state index is 16.3. The van der Waals surface area contributed by atoms with E-state index < -0.39 is 23.5 Å². The van der Waals surface area contributed by atoms with Gasteiger partial charge in [-0.1, -0.05) is 191 Å². The first-order valence-electron chi connectivity index (χ1n) is 48.2. The number of rotatable bonds is 12. The van der Waals surface area contributed by atoms with Crippen LogP contribution in [0.1, 0.15) is 122 Å². The second-order valence-corrected chi connectivity index (χ2v) is 39.5. The molecule has 6 nitrogen and oxygen atoms in total. The number of aryl methyl sites for hydroxylation is 18. The molecule has 142 heavy (non-hydrogen) atoms. The lowest BCUT2D eigenvalue weighted by Crippen LogP contribution is -2.11. The van der Waals surface area contributed by atoms with Crippen LogP contribution in [0, 0.1) is 147 Å². The van der Waals surface area contributed by atoms with Crippen LogP contribution in [-0.4, -0.2) is 18.3 Å². The van der Waals surface area contributed by atoms with Crippen molar-refractivity contribution in [1.82, 2.24) is 18.3 Å². The highest BCUT2D eigenvalue weighted by atomic mass is 19.4. The van der Waals surface area contributed by atoms with E-state index in [9.17, 15) is 10.5 Å². The monoisotopic (exact) mass is 1860 g/mol. The van der Waals surface area contributed by atoms with E-state index in [2.05, 4.69) is 328 Å². The van der Waals surface area contributed by atoms with Gasteiger partial charge in [-0.25, -0.2) is 0 Å². The molecule has 12 heteroatoms. The number of hydrogen-bond acceptors (Lipinski definition) is 2. The number of nitriles is 2. The summed E-state index contributed by atoms with van der Waals surface area (Å²) in [7, 11) is 0. The molecule has 4 heterocycles. The maximum Gasteiger partial charge on any atom is 0.417 e. The molecule has 0 amide bonds. The van der Waals surface area contributed by atoms with E-state index in [4.69, 9.17) is 0 Å². The molecule has 0 bridgehead atoms. The zero-order chi connectivity index (χ0) is 99.6. The van der Waals surface area contributed by atoms with E-state index in [0.717, 1.165) is 188 Å². The van der Waals surface area contributed by atoms with Gasteiger partial charge < -0.3 is 18.3 Å². The van der Waals surface area contributed by atoms with Gasteiger partial charge in [0.15, 0.2) is 0 Å². The van der Waals surface area contributed by atoms with Crippen LogP contribution in [0.3, 0.4) is 0 Å². The summed E-state index contributed by atoms with van der Waals surface area (Å²) < 4.78 is 104. The average molecular weight is 1860 g/mol. The lowest BCUT2D eigenvalue weighted by Gasteiger charge is -2.23. The van der Waals surface area contributed by atoms with E-state index in [1.807, 2.05) is 63.7 Å². The summed E-state index contributed by atoms with van der Waals surface area (Å²) >= 11 is 0. The van der Waals surface area contributed by atoms with Crippen LogP contribution in [0.2, 0.25) is 0 Å². The Balaban J connectivity index is 0.000000173. The fraction of sp³-hybridized carbons (Fsp3) is 0.154. The van der Waals surface area contributed by atoms with Crippen molar-refractivity contribution in [2.45, 2.75) is 137 Å². The summed E-state index contributed by atoms with van der Waals surface area (Å²) in [5.74, 6) is 0. The molecule has 0 saturated carbocycles. The van der Waals surface area contributed by atoms with Gasteiger partial charge in [0.1, 0.15) is 0 Å². The first kappa shape index (κ1) is 92.1. The van der Waals surface area contributed by atoms with E-state index in [0.29, 0.717) is 28.3 Å². The predicted molar refractivity (Wildman–Crippen MR) is 578 cm³/mol. The normalized spacial score (nSPS) is 11.9. The first-order valence-corrected chi connectivity index (χ1v) is 48.2. The molecule has 22 rings (SSSR count). The average Bonchev–Trinajstić information content (AvgIpc) is 1.55. The van der Waals surface area contributed by atoms with Crippen molar-refractivity contribution in [3.8, 4) is 124 Å². The third-order valence-corrected chi connectivity index (χ3v) is 29.1. The summed E-state index contributed by atoms with van der Waals surface area (Å²) in [5.41, 5.74) is 42.0. The first-order chi connectivity index (χ1) is 68.0. The Morgan fingerprint density at radius 1 is 0.190 bits per heavy atom. The Morgan fingerprint density at radius 3 is 0.613 bits per heavy atom. The van der Waals surface area contributed by atoms with E-state index in [-0.39, 0.29) is 27.8 Å². The number of hydrogen-bond donors (Lipinski definition) is 0. The minimum atomic E-state index is -4.79. The topological polar surface area (TPSA) is 67.3 Å². The summed E-state index contributed by atoms with van der Waals surface area (Å²) in [6.07, 6.45) is -9.51. The van der Waals surface area contributed by atoms with Crippen molar-refractivity contribution in [2.24, 2.45) is 0 Å². The molecule has 18 aromatic carbocycles. The summed E-state index contributed by atoms with van der Waals surface area (Å²) in [4.78, 5) is 0. The molecule has 0 atom stereocenters. The van der Waals surface area contributed by atoms with Gasteiger partial charge in [-0.2, -0.15) is 36.9 Å². The van der Waals surface area contributed by atoms with Crippen molar-refractivity contribution in [2.75, 3.05) is 0 Å². The molecule has 0 aliphatic carbocycles. The largest absolute Gasteiger partial charge is 0.417 e.